The van der Waals surface area contributed by atoms with Crippen molar-refractivity contribution in [1.82, 2.24) is 0 Å². The highest BCUT2D eigenvalue weighted by atomic mass is 35.5. The van der Waals surface area contributed by atoms with Gasteiger partial charge in [0.15, 0.2) is 0 Å². The zero-order valence-electron chi connectivity index (χ0n) is 8.52. The molecule has 1 aromatic carbocycles. The molecular formula is C11H13Cl2NO2. The minimum atomic E-state index is -0.965. The maximum Gasteiger partial charge on any atom is 0.321 e. The smallest absolute Gasteiger partial charge is 0.321 e. The molecule has 1 atom stereocenters. The molecule has 1 saturated carbocycles. The van der Waals surface area contributed by atoms with E-state index in [1.807, 2.05) is 18.2 Å². The first-order valence-electron chi connectivity index (χ1n) is 4.81. The van der Waals surface area contributed by atoms with Crippen LogP contribution in [-0.2, 0) is 10.2 Å². The van der Waals surface area contributed by atoms with Crippen molar-refractivity contribution in [3.63, 3.8) is 0 Å². The van der Waals surface area contributed by atoms with E-state index >= 15 is 0 Å². The first-order chi connectivity index (χ1) is 7.08. The lowest BCUT2D eigenvalue weighted by molar-refractivity contribution is -0.139. The summed E-state index contributed by atoms with van der Waals surface area (Å²) in [6.07, 6.45) is 1.59. The molecule has 16 heavy (non-hydrogen) atoms. The summed E-state index contributed by atoms with van der Waals surface area (Å²) in [7, 11) is 0. The molecule has 0 radical (unpaired) electrons. The predicted molar refractivity (Wildman–Crippen MR) is 65.2 cm³/mol. The molecule has 0 amide bonds. The SMILES string of the molecule is Cl.NC(C(=O)O)C1(c2ccccc2Cl)CC1. The predicted octanol–water partition coefficient (Wildman–Crippen LogP) is 2.21. The maximum absolute atomic E-state index is 10.9. The third-order valence-corrected chi connectivity index (χ3v) is 3.39. The van der Waals surface area contributed by atoms with Gasteiger partial charge in [0.2, 0.25) is 0 Å². The highest BCUT2D eigenvalue weighted by Crippen LogP contribution is 2.52. The number of aliphatic carboxylic acids is 1. The van der Waals surface area contributed by atoms with Crippen LogP contribution in [0.1, 0.15) is 18.4 Å². The quantitative estimate of drug-likeness (QED) is 0.877. The summed E-state index contributed by atoms with van der Waals surface area (Å²) in [5.74, 6) is -0.965. The van der Waals surface area contributed by atoms with Gasteiger partial charge in [-0.2, -0.15) is 0 Å². The molecule has 3 nitrogen and oxygen atoms in total. The summed E-state index contributed by atoms with van der Waals surface area (Å²) in [5.41, 5.74) is 6.12. The summed E-state index contributed by atoms with van der Waals surface area (Å²) in [5, 5.41) is 9.55. The minimum absolute atomic E-state index is 0. The monoisotopic (exact) mass is 261 g/mol. The molecule has 1 unspecified atom stereocenters. The molecule has 1 aromatic rings. The van der Waals surface area contributed by atoms with Gasteiger partial charge in [0.05, 0.1) is 0 Å². The van der Waals surface area contributed by atoms with Gasteiger partial charge < -0.3 is 10.8 Å². The molecule has 1 aliphatic carbocycles. The fourth-order valence-corrected chi connectivity index (χ4v) is 2.31. The van der Waals surface area contributed by atoms with Crippen LogP contribution in [0.3, 0.4) is 0 Å². The average Bonchev–Trinajstić information content (AvgIpc) is 2.98. The summed E-state index contributed by atoms with van der Waals surface area (Å²) < 4.78 is 0. The fraction of sp³-hybridized carbons (Fsp3) is 0.364. The molecule has 2 rings (SSSR count). The second kappa shape index (κ2) is 4.62. The lowest BCUT2D eigenvalue weighted by atomic mass is 9.88. The van der Waals surface area contributed by atoms with E-state index in [1.54, 1.807) is 6.07 Å². The van der Waals surface area contributed by atoms with Crippen molar-refractivity contribution in [2.24, 2.45) is 5.73 Å². The van der Waals surface area contributed by atoms with Crippen molar-refractivity contribution in [1.29, 1.82) is 0 Å². The minimum Gasteiger partial charge on any atom is -0.480 e. The zero-order valence-corrected chi connectivity index (χ0v) is 10.1. The number of halogens is 2. The molecule has 0 saturated heterocycles. The van der Waals surface area contributed by atoms with Gasteiger partial charge in [-0.05, 0) is 24.5 Å². The standard InChI is InChI=1S/C11H12ClNO2.ClH/c12-8-4-2-1-3-7(8)11(5-6-11)9(13)10(14)15;/h1-4,9H,5-6,13H2,(H,14,15);1H. The highest BCUT2D eigenvalue weighted by Gasteiger charge is 2.53. The summed E-state index contributed by atoms with van der Waals surface area (Å²) in [6, 6.07) is 6.45. The van der Waals surface area contributed by atoms with Crippen molar-refractivity contribution in [3.05, 3.63) is 34.9 Å². The van der Waals surface area contributed by atoms with E-state index in [0.29, 0.717) is 5.02 Å². The van der Waals surface area contributed by atoms with Gasteiger partial charge in [-0.1, -0.05) is 29.8 Å². The molecule has 1 fully saturated rings. The molecule has 88 valence electrons. The van der Waals surface area contributed by atoms with E-state index in [4.69, 9.17) is 22.4 Å². The van der Waals surface area contributed by atoms with E-state index < -0.39 is 17.4 Å². The van der Waals surface area contributed by atoms with E-state index in [2.05, 4.69) is 0 Å². The van der Waals surface area contributed by atoms with Gasteiger partial charge in [-0.3, -0.25) is 4.79 Å². The number of hydrogen-bond donors (Lipinski definition) is 2. The number of benzene rings is 1. The number of carboxylic acid groups (broad SMARTS) is 1. The van der Waals surface area contributed by atoms with Crippen molar-refractivity contribution in [2.75, 3.05) is 0 Å². The van der Waals surface area contributed by atoms with Crippen molar-refractivity contribution in [3.8, 4) is 0 Å². The lowest BCUT2D eigenvalue weighted by Gasteiger charge is -2.21. The normalized spacial score (nSPS) is 18.4. The molecule has 1 aliphatic rings. The second-order valence-corrected chi connectivity index (χ2v) is 4.36. The zero-order chi connectivity index (χ0) is 11.1. The number of carbonyl (C=O) groups is 1. The molecule has 0 aliphatic heterocycles. The molecule has 3 N–H and O–H groups in total. The van der Waals surface area contributed by atoms with Crippen LogP contribution < -0.4 is 5.73 Å². The Labute approximate surface area is 105 Å². The Bertz CT molecular complexity index is 405. The van der Waals surface area contributed by atoms with Crippen LogP contribution in [0.15, 0.2) is 24.3 Å². The number of hydrogen-bond acceptors (Lipinski definition) is 2. The lowest BCUT2D eigenvalue weighted by Crippen LogP contribution is -2.42. The Balaban J connectivity index is 0.00000128. The van der Waals surface area contributed by atoms with Crippen LogP contribution in [0.2, 0.25) is 5.02 Å². The van der Waals surface area contributed by atoms with Crippen molar-refractivity contribution < 1.29 is 9.90 Å². The molecule has 0 spiro atoms. The summed E-state index contributed by atoms with van der Waals surface area (Å²) in [4.78, 5) is 10.9. The van der Waals surface area contributed by atoms with Crippen LogP contribution in [0.25, 0.3) is 0 Å². The van der Waals surface area contributed by atoms with E-state index in [0.717, 1.165) is 18.4 Å². The maximum atomic E-state index is 10.9. The Morgan fingerprint density at radius 2 is 2.00 bits per heavy atom. The number of rotatable bonds is 3. The summed E-state index contributed by atoms with van der Waals surface area (Å²) in [6.45, 7) is 0. The van der Waals surface area contributed by atoms with Crippen LogP contribution in [0.4, 0.5) is 0 Å². The Hall–Kier alpha value is -0.770. The van der Waals surface area contributed by atoms with Gasteiger partial charge in [0.25, 0.3) is 0 Å². The first kappa shape index (κ1) is 13.3. The highest BCUT2D eigenvalue weighted by molar-refractivity contribution is 6.31. The second-order valence-electron chi connectivity index (χ2n) is 3.95. The molecule has 0 aromatic heterocycles. The van der Waals surface area contributed by atoms with Crippen LogP contribution in [0, 0.1) is 0 Å². The average molecular weight is 262 g/mol. The summed E-state index contributed by atoms with van der Waals surface area (Å²) >= 11 is 6.05. The Morgan fingerprint density at radius 3 is 2.44 bits per heavy atom. The van der Waals surface area contributed by atoms with Gasteiger partial charge in [0.1, 0.15) is 6.04 Å². The van der Waals surface area contributed by atoms with Crippen LogP contribution >= 0.6 is 24.0 Å². The number of nitrogens with two attached hydrogens (primary N) is 1. The van der Waals surface area contributed by atoms with Gasteiger partial charge in [-0.15, -0.1) is 12.4 Å². The fourth-order valence-electron chi connectivity index (χ4n) is 1.98. The van der Waals surface area contributed by atoms with Crippen LogP contribution in [0.5, 0.6) is 0 Å². The largest absolute Gasteiger partial charge is 0.480 e. The van der Waals surface area contributed by atoms with Crippen molar-refractivity contribution >= 4 is 30.0 Å². The Kier molecular flexibility index (Phi) is 3.84. The van der Waals surface area contributed by atoms with Crippen molar-refractivity contribution in [2.45, 2.75) is 24.3 Å². The first-order valence-corrected chi connectivity index (χ1v) is 5.19. The van der Waals surface area contributed by atoms with Gasteiger partial charge >= 0.3 is 5.97 Å². The molecule has 0 bridgehead atoms. The Morgan fingerprint density at radius 1 is 1.44 bits per heavy atom. The van der Waals surface area contributed by atoms with E-state index in [1.165, 1.54) is 0 Å². The topological polar surface area (TPSA) is 63.3 Å². The molecule has 5 heteroatoms. The third kappa shape index (κ3) is 2.03. The van der Waals surface area contributed by atoms with Gasteiger partial charge in [-0.25, -0.2) is 0 Å². The van der Waals surface area contributed by atoms with E-state index in [9.17, 15) is 4.79 Å². The number of carboxylic acids is 1. The van der Waals surface area contributed by atoms with E-state index in [-0.39, 0.29) is 12.4 Å². The third-order valence-electron chi connectivity index (χ3n) is 3.06. The molecular weight excluding hydrogens is 249 g/mol. The molecule has 0 heterocycles. The van der Waals surface area contributed by atoms with Crippen LogP contribution in [-0.4, -0.2) is 17.1 Å². The van der Waals surface area contributed by atoms with Gasteiger partial charge in [0, 0.05) is 10.4 Å².